The number of benzene rings is 1. The van der Waals surface area contributed by atoms with Crippen molar-refractivity contribution in [3.05, 3.63) is 35.3 Å². The van der Waals surface area contributed by atoms with E-state index < -0.39 is 5.54 Å². The van der Waals surface area contributed by atoms with E-state index in [0.29, 0.717) is 12.1 Å². The Morgan fingerprint density at radius 3 is 2.55 bits per heavy atom. The Morgan fingerprint density at radius 2 is 1.97 bits per heavy atom. The lowest BCUT2D eigenvalue weighted by Crippen LogP contribution is -2.61. The maximum absolute atomic E-state index is 13.5. The molecule has 0 saturated carbocycles. The summed E-state index contributed by atoms with van der Waals surface area (Å²) in [5.41, 5.74) is 6.46. The van der Waals surface area contributed by atoms with E-state index >= 15 is 0 Å². The van der Waals surface area contributed by atoms with Crippen LogP contribution in [0, 0.1) is 12.7 Å². The smallest absolute Gasteiger partial charge is 0.237 e. The zero-order valence-electron chi connectivity index (χ0n) is 17.3. The van der Waals surface area contributed by atoms with Gasteiger partial charge in [0.1, 0.15) is 17.2 Å². The van der Waals surface area contributed by atoms with Crippen LogP contribution in [0.1, 0.15) is 25.2 Å². The zero-order valence-corrected chi connectivity index (χ0v) is 19.6. The van der Waals surface area contributed by atoms with E-state index in [-0.39, 0.29) is 35.7 Å². The predicted molar refractivity (Wildman–Crippen MR) is 123 cm³/mol. The molecule has 7 nitrogen and oxygen atoms in total. The molecule has 1 fully saturated rings. The van der Waals surface area contributed by atoms with Crippen LogP contribution in [0.3, 0.4) is 0 Å². The van der Waals surface area contributed by atoms with Gasteiger partial charge in [-0.3, -0.25) is 14.7 Å². The highest BCUT2D eigenvalue weighted by molar-refractivity contribution is 14.0. The van der Waals surface area contributed by atoms with Gasteiger partial charge in [0.25, 0.3) is 0 Å². The van der Waals surface area contributed by atoms with Crippen molar-refractivity contribution in [1.82, 2.24) is 15.1 Å². The molecule has 0 unspecified atom stereocenters. The minimum Gasteiger partial charge on any atom is -0.459 e. The summed E-state index contributed by atoms with van der Waals surface area (Å²) < 4.78 is 19.3. The van der Waals surface area contributed by atoms with Gasteiger partial charge in [-0.15, -0.1) is 24.0 Å². The molecule has 1 amide bonds. The summed E-state index contributed by atoms with van der Waals surface area (Å²) in [5.74, 6) is 0.932. The van der Waals surface area contributed by atoms with Gasteiger partial charge < -0.3 is 20.4 Å². The van der Waals surface area contributed by atoms with Gasteiger partial charge in [-0.05, 0) is 39.0 Å². The lowest BCUT2D eigenvalue weighted by Gasteiger charge is -2.43. The van der Waals surface area contributed by atoms with Gasteiger partial charge in [-0.2, -0.15) is 0 Å². The van der Waals surface area contributed by atoms with Gasteiger partial charge in [0.15, 0.2) is 5.96 Å². The number of hydrogen-bond donors (Lipinski definition) is 2. The van der Waals surface area contributed by atoms with Crippen molar-refractivity contribution in [2.24, 2.45) is 10.7 Å². The Hall–Kier alpha value is -1.88. The van der Waals surface area contributed by atoms with Crippen LogP contribution in [0.2, 0.25) is 0 Å². The van der Waals surface area contributed by atoms with Gasteiger partial charge in [0.05, 0.1) is 12.1 Å². The molecular formula is C20H29FIN5O2. The number of nitrogens with one attached hydrogen (secondary N) is 1. The number of piperazine rings is 1. The first-order valence-corrected chi connectivity index (χ1v) is 9.42. The van der Waals surface area contributed by atoms with Gasteiger partial charge in [-0.25, -0.2) is 4.39 Å². The summed E-state index contributed by atoms with van der Waals surface area (Å²) in [6.45, 7) is 9.01. The van der Waals surface area contributed by atoms with E-state index in [9.17, 15) is 9.18 Å². The fraction of sp³-hybridized carbons (Fsp3) is 0.500. The molecule has 0 atom stereocenters. The number of nitrogens with two attached hydrogens (primary N) is 1. The summed E-state index contributed by atoms with van der Waals surface area (Å²) in [6, 6.07) is 4.54. The zero-order chi connectivity index (χ0) is 20.5. The van der Waals surface area contributed by atoms with Gasteiger partial charge in [-0.1, -0.05) is 0 Å². The van der Waals surface area contributed by atoms with Crippen LogP contribution < -0.4 is 11.1 Å². The quantitative estimate of drug-likeness (QED) is 0.370. The number of aryl methyl sites for hydroxylation is 1. The molecular weight excluding hydrogens is 488 g/mol. The van der Waals surface area contributed by atoms with Crippen molar-refractivity contribution >= 4 is 46.8 Å². The topological polar surface area (TPSA) is 87.1 Å². The highest BCUT2D eigenvalue weighted by Crippen LogP contribution is 2.26. The summed E-state index contributed by atoms with van der Waals surface area (Å²) >= 11 is 0. The summed E-state index contributed by atoms with van der Waals surface area (Å²) in [4.78, 5) is 20.3. The van der Waals surface area contributed by atoms with Gasteiger partial charge in [0.2, 0.25) is 5.91 Å². The van der Waals surface area contributed by atoms with E-state index in [1.807, 2.05) is 20.8 Å². The Balaban J connectivity index is 0.00000300. The van der Waals surface area contributed by atoms with E-state index in [1.165, 1.54) is 12.1 Å². The molecule has 3 rings (SSSR count). The van der Waals surface area contributed by atoms with Gasteiger partial charge in [0, 0.05) is 44.2 Å². The monoisotopic (exact) mass is 517 g/mol. The fourth-order valence-electron chi connectivity index (χ4n) is 3.54. The third kappa shape index (κ3) is 4.82. The van der Waals surface area contributed by atoms with Crippen LogP contribution >= 0.6 is 24.0 Å². The van der Waals surface area contributed by atoms with Crippen LogP contribution in [0.4, 0.5) is 4.39 Å². The summed E-state index contributed by atoms with van der Waals surface area (Å²) in [5, 5.41) is 4.11. The van der Waals surface area contributed by atoms with Crippen LogP contribution in [-0.2, 0) is 11.3 Å². The van der Waals surface area contributed by atoms with Crippen LogP contribution in [0.5, 0.6) is 0 Å². The highest BCUT2D eigenvalue weighted by Gasteiger charge is 2.35. The number of amides is 1. The van der Waals surface area contributed by atoms with Crippen LogP contribution in [-0.4, -0.2) is 60.4 Å². The first-order valence-electron chi connectivity index (χ1n) is 9.42. The number of carbonyl (C=O) groups is 1. The SMILES string of the molecule is CN=C(NCc1oc2ccc(F)cc2c1C)N1CCN(C(C)(C)C(N)=O)CC1.I. The maximum Gasteiger partial charge on any atom is 0.237 e. The first kappa shape index (κ1) is 23.4. The van der Waals surface area contributed by atoms with Crippen molar-refractivity contribution < 1.29 is 13.6 Å². The Labute approximate surface area is 187 Å². The number of guanidine groups is 1. The maximum atomic E-state index is 13.5. The lowest BCUT2D eigenvalue weighted by atomic mass is 10.0. The van der Waals surface area contributed by atoms with Crippen LogP contribution in [0.15, 0.2) is 27.6 Å². The number of carbonyl (C=O) groups excluding carboxylic acids is 1. The van der Waals surface area contributed by atoms with Crippen molar-refractivity contribution in [1.29, 1.82) is 0 Å². The molecule has 0 bridgehead atoms. The number of fused-ring (bicyclic) bond motifs is 1. The standard InChI is InChI=1S/C20H28FN5O2.HI/c1-13-15-11-14(21)5-6-16(15)28-17(13)12-24-19(23-4)25-7-9-26(10-8-25)20(2,3)18(22)27;/h5-6,11H,7-10,12H2,1-4H3,(H2,22,27)(H,23,24);1H. The molecule has 3 N–H and O–H groups in total. The number of furan rings is 1. The van der Waals surface area contributed by atoms with Crippen molar-refractivity contribution in [3.63, 3.8) is 0 Å². The number of rotatable bonds is 4. The Bertz CT molecular complexity index is 904. The van der Waals surface area contributed by atoms with E-state index in [2.05, 4.69) is 20.1 Å². The van der Waals surface area contributed by atoms with Crippen LogP contribution in [0.25, 0.3) is 11.0 Å². The van der Waals surface area contributed by atoms with E-state index in [4.69, 9.17) is 10.2 Å². The second-order valence-corrected chi connectivity index (χ2v) is 7.59. The number of primary amides is 1. The van der Waals surface area contributed by atoms with Crippen molar-refractivity contribution in [3.8, 4) is 0 Å². The molecule has 9 heteroatoms. The average molecular weight is 517 g/mol. The Kier molecular flexibility index (Phi) is 7.50. The molecule has 1 aromatic carbocycles. The number of nitrogens with zero attached hydrogens (tertiary/aromatic N) is 3. The number of hydrogen-bond acceptors (Lipinski definition) is 4. The third-order valence-corrected chi connectivity index (χ3v) is 5.59. The molecule has 0 aliphatic carbocycles. The second kappa shape index (κ2) is 9.29. The second-order valence-electron chi connectivity index (χ2n) is 7.59. The molecule has 0 spiro atoms. The first-order chi connectivity index (χ1) is 13.2. The molecule has 1 aromatic heterocycles. The molecule has 0 radical (unpaired) electrons. The average Bonchev–Trinajstić information content (AvgIpc) is 2.98. The minimum absolute atomic E-state index is 0. The molecule has 2 heterocycles. The van der Waals surface area contributed by atoms with E-state index in [0.717, 1.165) is 48.8 Å². The fourth-order valence-corrected chi connectivity index (χ4v) is 3.54. The number of aliphatic imine (C=N–C) groups is 1. The molecule has 1 saturated heterocycles. The van der Waals surface area contributed by atoms with Crippen molar-refractivity contribution in [2.45, 2.75) is 32.9 Å². The van der Waals surface area contributed by atoms with E-state index in [1.54, 1.807) is 13.1 Å². The molecule has 1 aliphatic heterocycles. The Morgan fingerprint density at radius 1 is 1.31 bits per heavy atom. The predicted octanol–water partition coefficient (Wildman–Crippen LogP) is 2.46. The number of halogens is 2. The third-order valence-electron chi connectivity index (χ3n) is 5.59. The van der Waals surface area contributed by atoms with Gasteiger partial charge >= 0.3 is 0 Å². The largest absolute Gasteiger partial charge is 0.459 e. The molecule has 160 valence electrons. The minimum atomic E-state index is -0.663. The highest BCUT2D eigenvalue weighted by atomic mass is 127. The summed E-state index contributed by atoms with van der Waals surface area (Å²) in [6.07, 6.45) is 0. The summed E-state index contributed by atoms with van der Waals surface area (Å²) in [7, 11) is 1.74. The lowest BCUT2D eigenvalue weighted by molar-refractivity contribution is -0.129. The normalized spacial score (nSPS) is 16.0. The molecule has 29 heavy (non-hydrogen) atoms. The van der Waals surface area contributed by atoms with Crippen molar-refractivity contribution in [2.75, 3.05) is 33.2 Å². The molecule has 2 aromatic rings. The molecule has 1 aliphatic rings.